The number of nitrogens with zero attached hydrogens (tertiary/aromatic N) is 1. The summed E-state index contributed by atoms with van der Waals surface area (Å²) in [6.07, 6.45) is 3.01. The molecule has 1 saturated carbocycles. The van der Waals surface area contributed by atoms with E-state index in [9.17, 15) is 9.59 Å². The Bertz CT molecular complexity index is 342. The number of hydrogen-bond donors (Lipinski definition) is 1. The number of piperidine rings is 1. The number of rotatable bonds is 2. The molecule has 2 fully saturated rings. The molecule has 0 bridgehead atoms. The van der Waals surface area contributed by atoms with Crippen molar-refractivity contribution in [3.8, 4) is 0 Å². The summed E-state index contributed by atoms with van der Waals surface area (Å²) < 4.78 is 0. The van der Waals surface area contributed by atoms with Gasteiger partial charge in [0.15, 0.2) is 0 Å². The number of carboxylic acids is 1. The Morgan fingerprint density at radius 2 is 1.72 bits per heavy atom. The molecule has 4 nitrogen and oxygen atoms in total. The molecule has 1 saturated heterocycles. The van der Waals surface area contributed by atoms with Crippen LogP contribution in [-0.2, 0) is 9.59 Å². The fourth-order valence-electron chi connectivity index (χ4n) is 3.15. The largest absolute Gasteiger partial charge is 0.481 e. The van der Waals surface area contributed by atoms with E-state index >= 15 is 0 Å². The van der Waals surface area contributed by atoms with Crippen LogP contribution in [0.4, 0.5) is 0 Å². The zero-order valence-corrected chi connectivity index (χ0v) is 11.3. The Labute approximate surface area is 108 Å². The number of carbonyl (C=O) groups is 2. The van der Waals surface area contributed by atoms with Gasteiger partial charge in [-0.25, -0.2) is 0 Å². The Kier molecular flexibility index (Phi) is 3.93. The predicted octanol–water partition coefficient (Wildman–Crippen LogP) is 1.99. The Morgan fingerprint density at radius 1 is 1.06 bits per heavy atom. The Balaban J connectivity index is 1.90. The molecule has 102 valence electrons. The summed E-state index contributed by atoms with van der Waals surface area (Å²) in [7, 11) is 0. The van der Waals surface area contributed by atoms with Crippen LogP contribution in [0.2, 0.25) is 0 Å². The standard InChI is InChI=1S/C14H23NO3/c1-9-5-6-15(8-10(9)2)13(16)11-3-4-12(7-11)14(17)18/h9-12H,3-8H2,1-2H3,(H,17,18). The molecule has 1 aliphatic carbocycles. The molecule has 4 atom stereocenters. The molecule has 18 heavy (non-hydrogen) atoms. The van der Waals surface area contributed by atoms with Gasteiger partial charge in [0.1, 0.15) is 0 Å². The third-order valence-corrected chi connectivity index (χ3v) is 4.78. The van der Waals surface area contributed by atoms with Gasteiger partial charge in [-0.3, -0.25) is 9.59 Å². The zero-order valence-electron chi connectivity index (χ0n) is 11.3. The van der Waals surface area contributed by atoms with E-state index in [-0.39, 0.29) is 17.7 Å². The highest BCUT2D eigenvalue weighted by molar-refractivity contribution is 5.81. The third kappa shape index (κ3) is 2.68. The minimum Gasteiger partial charge on any atom is -0.481 e. The monoisotopic (exact) mass is 253 g/mol. The summed E-state index contributed by atoms with van der Waals surface area (Å²) in [4.78, 5) is 25.2. The first-order valence-corrected chi connectivity index (χ1v) is 7.00. The molecule has 2 rings (SSSR count). The lowest BCUT2D eigenvalue weighted by molar-refractivity contribution is -0.142. The number of amides is 1. The average Bonchev–Trinajstić information content (AvgIpc) is 2.81. The van der Waals surface area contributed by atoms with Crippen molar-refractivity contribution in [1.29, 1.82) is 0 Å². The highest BCUT2D eigenvalue weighted by Crippen LogP contribution is 2.33. The Hall–Kier alpha value is -1.06. The summed E-state index contributed by atoms with van der Waals surface area (Å²) in [5.41, 5.74) is 0. The highest BCUT2D eigenvalue weighted by atomic mass is 16.4. The van der Waals surface area contributed by atoms with Gasteiger partial charge in [-0.15, -0.1) is 0 Å². The summed E-state index contributed by atoms with van der Waals surface area (Å²) in [6.45, 7) is 6.12. The van der Waals surface area contributed by atoms with E-state index in [1.807, 2.05) is 4.90 Å². The van der Waals surface area contributed by atoms with Gasteiger partial charge in [-0.1, -0.05) is 13.8 Å². The predicted molar refractivity (Wildman–Crippen MR) is 68.0 cm³/mol. The first-order chi connectivity index (χ1) is 8.49. The molecular formula is C14H23NO3. The summed E-state index contributed by atoms with van der Waals surface area (Å²) in [6, 6.07) is 0. The van der Waals surface area contributed by atoms with Gasteiger partial charge in [-0.05, 0) is 37.5 Å². The van der Waals surface area contributed by atoms with Gasteiger partial charge in [0.25, 0.3) is 0 Å². The van der Waals surface area contributed by atoms with Gasteiger partial charge in [0.05, 0.1) is 5.92 Å². The van der Waals surface area contributed by atoms with Crippen LogP contribution >= 0.6 is 0 Å². The molecule has 1 N–H and O–H groups in total. The SMILES string of the molecule is CC1CCN(C(=O)C2CCC(C(=O)O)C2)CC1C. The number of likely N-dealkylation sites (tertiary alicyclic amines) is 1. The lowest BCUT2D eigenvalue weighted by Crippen LogP contribution is -2.44. The molecule has 1 aliphatic heterocycles. The first kappa shape index (κ1) is 13.4. The summed E-state index contributed by atoms with van der Waals surface area (Å²) in [5.74, 6) is 0.332. The van der Waals surface area contributed by atoms with Gasteiger partial charge in [0, 0.05) is 19.0 Å². The second-order valence-corrected chi connectivity index (χ2v) is 6.07. The van der Waals surface area contributed by atoms with Crippen LogP contribution in [0.3, 0.4) is 0 Å². The van der Waals surface area contributed by atoms with E-state index in [1.54, 1.807) is 0 Å². The lowest BCUT2D eigenvalue weighted by atomic mass is 9.88. The van der Waals surface area contributed by atoms with Crippen molar-refractivity contribution in [3.05, 3.63) is 0 Å². The topological polar surface area (TPSA) is 57.6 Å². The molecule has 1 amide bonds. The van der Waals surface area contributed by atoms with E-state index in [4.69, 9.17) is 5.11 Å². The molecular weight excluding hydrogens is 230 g/mol. The lowest BCUT2D eigenvalue weighted by Gasteiger charge is -2.36. The van der Waals surface area contributed by atoms with Crippen LogP contribution in [-0.4, -0.2) is 35.0 Å². The van der Waals surface area contributed by atoms with Crippen LogP contribution in [0.1, 0.15) is 39.5 Å². The molecule has 0 aromatic rings. The second kappa shape index (κ2) is 5.29. The number of hydrogen-bond acceptors (Lipinski definition) is 2. The molecule has 0 aromatic carbocycles. The molecule has 0 radical (unpaired) electrons. The quantitative estimate of drug-likeness (QED) is 0.818. The van der Waals surface area contributed by atoms with E-state index in [0.717, 1.165) is 25.9 Å². The summed E-state index contributed by atoms with van der Waals surface area (Å²) in [5, 5.41) is 8.98. The van der Waals surface area contributed by atoms with Gasteiger partial charge >= 0.3 is 5.97 Å². The first-order valence-electron chi connectivity index (χ1n) is 7.00. The maximum Gasteiger partial charge on any atom is 0.306 e. The minimum absolute atomic E-state index is 0.0493. The van der Waals surface area contributed by atoms with Crippen LogP contribution in [0.15, 0.2) is 0 Å². The normalized spacial score (nSPS) is 36.7. The van der Waals surface area contributed by atoms with Gasteiger partial charge < -0.3 is 10.0 Å². The number of carbonyl (C=O) groups excluding carboxylic acids is 1. The van der Waals surface area contributed by atoms with Crippen LogP contribution in [0, 0.1) is 23.7 Å². The van der Waals surface area contributed by atoms with E-state index in [2.05, 4.69) is 13.8 Å². The molecule has 0 aromatic heterocycles. The number of aliphatic carboxylic acids is 1. The number of carboxylic acid groups (broad SMARTS) is 1. The van der Waals surface area contributed by atoms with Crippen molar-refractivity contribution in [3.63, 3.8) is 0 Å². The fourth-order valence-corrected chi connectivity index (χ4v) is 3.15. The molecule has 0 spiro atoms. The van der Waals surface area contributed by atoms with Gasteiger partial charge in [-0.2, -0.15) is 0 Å². The third-order valence-electron chi connectivity index (χ3n) is 4.78. The van der Waals surface area contributed by atoms with Crippen molar-refractivity contribution < 1.29 is 14.7 Å². The van der Waals surface area contributed by atoms with Crippen molar-refractivity contribution in [2.75, 3.05) is 13.1 Å². The molecule has 4 unspecified atom stereocenters. The minimum atomic E-state index is -0.745. The molecule has 4 heteroatoms. The van der Waals surface area contributed by atoms with Crippen molar-refractivity contribution in [2.24, 2.45) is 23.7 Å². The molecule has 1 heterocycles. The average molecular weight is 253 g/mol. The van der Waals surface area contributed by atoms with Gasteiger partial charge in [0.2, 0.25) is 5.91 Å². The maximum atomic E-state index is 12.4. The van der Waals surface area contributed by atoms with Crippen molar-refractivity contribution in [2.45, 2.75) is 39.5 Å². The zero-order chi connectivity index (χ0) is 13.3. The van der Waals surface area contributed by atoms with Crippen LogP contribution < -0.4 is 0 Å². The van der Waals surface area contributed by atoms with Crippen LogP contribution in [0.25, 0.3) is 0 Å². The Morgan fingerprint density at radius 3 is 2.28 bits per heavy atom. The highest BCUT2D eigenvalue weighted by Gasteiger charge is 2.37. The molecule has 2 aliphatic rings. The smallest absolute Gasteiger partial charge is 0.306 e. The fraction of sp³-hybridized carbons (Fsp3) is 0.857. The van der Waals surface area contributed by atoms with Crippen molar-refractivity contribution >= 4 is 11.9 Å². The van der Waals surface area contributed by atoms with E-state index < -0.39 is 5.97 Å². The maximum absolute atomic E-state index is 12.4. The van der Waals surface area contributed by atoms with Crippen LogP contribution in [0.5, 0.6) is 0 Å². The summed E-state index contributed by atoms with van der Waals surface area (Å²) >= 11 is 0. The van der Waals surface area contributed by atoms with E-state index in [0.29, 0.717) is 24.7 Å². The van der Waals surface area contributed by atoms with Crippen molar-refractivity contribution in [1.82, 2.24) is 4.90 Å². The second-order valence-electron chi connectivity index (χ2n) is 6.07. The van der Waals surface area contributed by atoms with E-state index in [1.165, 1.54) is 0 Å².